The van der Waals surface area contributed by atoms with Gasteiger partial charge in [-0.3, -0.25) is 4.55 Å². The van der Waals surface area contributed by atoms with E-state index in [0.29, 0.717) is 0 Å². The molecule has 0 aliphatic carbocycles. The third-order valence-electron chi connectivity index (χ3n) is 2.32. The summed E-state index contributed by atoms with van der Waals surface area (Å²) in [5, 5.41) is 0. The summed E-state index contributed by atoms with van der Waals surface area (Å²) in [5.41, 5.74) is 0. The van der Waals surface area contributed by atoms with E-state index >= 15 is 0 Å². The fraction of sp³-hybridized carbons (Fsp3) is 1.00. The average molecular weight is 459 g/mol. The molecule has 0 aromatic carbocycles. The third kappa shape index (κ3) is 38.4. The zero-order valence-corrected chi connectivity index (χ0v) is 16.9. The Labute approximate surface area is 145 Å². The zero-order chi connectivity index (χ0) is 17.5. The lowest BCUT2D eigenvalue weighted by atomic mass is 10.1. The van der Waals surface area contributed by atoms with Gasteiger partial charge in [0.25, 0.3) is 10.1 Å². The summed E-state index contributed by atoms with van der Waals surface area (Å²) in [4.78, 5) is 0. The van der Waals surface area contributed by atoms with Gasteiger partial charge in [0.15, 0.2) is 0 Å². The van der Waals surface area contributed by atoms with Crippen molar-refractivity contribution in [2.24, 2.45) is 11.8 Å². The van der Waals surface area contributed by atoms with Gasteiger partial charge < -0.3 is 1.43 Å². The van der Waals surface area contributed by atoms with Crippen molar-refractivity contribution in [1.82, 2.24) is 0 Å². The highest BCUT2D eigenvalue weighted by Crippen LogP contribution is 2.07. The first-order valence-electron chi connectivity index (χ1n) is 6.77. The second-order valence-electron chi connectivity index (χ2n) is 4.89. The molecule has 0 aromatic rings. The van der Waals surface area contributed by atoms with Crippen LogP contribution in [0.3, 0.4) is 0 Å². The van der Waals surface area contributed by atoms with Gasteiger partial charge in [-0.25, -0.2) is 0 Å². The van der Waals surface area contributed by atoms with Crippen LogP contribution in [0.4, 0.5) is 0 Å². The molecule has 0 spiro atoms. The van der Waals surface area contributed by atoms with Crippen LogP contribution in [-0.2, 0) is 20.7 Å². The van der Waals surface area contributed by atoms with Crippen LogP contribution in [0.2, 0.25) is 0 Å². The number of halogens is 1. The molecule has 21 heavy (non-hydrogen) atoms. The Morgan fingerprint density at radius 1 is 1.05 bits per heavy atom. The molecule has 132 valence electrons. The first-order chi connectivity index (χ1) is 9.49. The Kier molecular flexibility index (Phi) is 20.7. The quantitative estimate of drug-likeness (QED) is 0.356. The van der Waals surface area contributed by atoms with Crippen molar-refractivity contribution < 1.29 is 27.0 Å². The van der Waals surface area contributed by atoms with Gasteiger partial charge in [-0.1, -0.05) is 69.5 Å². The summed E-state index contributed by atoms with van der Waals surface area (Å²) >= 11 is 2.44. The molecule has 0 saturated carbocycles. The zero-order valence-electron chi connectivity index (χ0n) is 14.1. The van der Waals surface area contributed by atoms with E-state index in [-0.39, 0.29) is 13.1 Å². The van der Waals surface area contributed by atoms with Gasteiger partial charge in [0.05, 0.1) is 5.75 Å². The molecule has 0 radical (unpaired) electrons. The SMILES string of the molecule is CCCC(C)CI.CCCC(C)CS(=O)(=O)O.O=S(=O)=O.[H-]. The van der Waals surface area contributed by atoms with E-state index in [1.54, 1.807) is 0 Å². The van der Waals surface area contributed by atoms with Crippen LogP contribution in [0.5, 0.6) is 0 Å². The van der Waals surface area contributed by atoms with Gasteiger partial charge in [0.2, 0.25) is 0 Å². The van der Waals surface area contributed by atoms with Gasteiger partial charge in [-0.2, -0.15) is 8.42 Å². The number of hydrogen-bond donors (Lipinski definition) is 1. The summed E-state index contributed by atoms with van der Waals surface area (Å²) in [6.45, 7) is 8.34. The van der Waals surface area contributed by atoms with Gasteiger partial charge in [-0.15, -0.1) is 12.6 Å². The minimum Gasteiger partial charge on any atom is -1.00 e. The maximum atomic E-state index is 10.3. The smallest absolute Gasteiger partial charge is 0.425 e. The van der Waals surface area contributed by atoms with Crippen molar-refractivity contribution in [3.05, 3.63) is 0 Å². The first kappa shape index (κ1) is 26.2. The van der Waals surface area contributed by atoms with E-state index in [9.17, 15) is 8.42 Å². The largest absolute Gasteiger partial charge is 1.00 e. The molecule has 2 atom stereocenters. The maximum Gasteiger partial charge on any atom is 0.425 e. The first-order valence-corrected chi connectivity index (χ1v) is 10.9. The lowest BCUT2D eigenvalue weighted by Crippen LogP contribution is -2.11. The van der Waals surface area contributed by atoms with E-state index in [4.69, 9.17) is 17.2 Å². The molecule has 2 unspecified atom stereocenters. The lowest BCUT2D eigenvalue weighted by Gasteiger charge is -2.05. The van der Waals surface area contributed by atoms with Crippen molar-refractivity contribution in [3.63, 3.8) is 0 Å². The third-order valence-corrected chi connectivity index (χ3v) is 4.82. The van der Waals surface area contributed by atoms with Crippen LogP contribution in [0.25, 0.3) is 0 Å². The molecule has 6 nitrogen and oxygen atoms in total. The Morgan fingerprint density at radius 3 is 1.57 bits per heavy atom. The van der Waals surface area contributed by atoms with Crippen molar-refractivity contribution in [2.45, 2.75) is 53.4 Å². The predicted octanol–water partition coefficient (Wildman–Crippen LogP) is 3.28. The average Bonchev–Trinajstić information content (AvgIpc) is 2.27. The van der Waals surface area contributed by atoms with Crippen LogP contribution in [0.15, 0.2) is 0 Å². The summed E-state index contributed by atoms with van der Waals surface area (Å²) < 4.78 is 55.6. The summed E-state index contributed by atoms with van der Waals surface area (Å²) in [5.74, 6) is 0.895. The molecule has 0 amide bonds. The van der Waals surface area contributed by atoms with E-state index in [1.807, 2.05) is 13.8 Å². The molecule has 0 aliphatic heterocycles. The van der Waals surface area contributed by atoms with Crippen LogP contribution < -0.4 is 0 Å². The molecule has 9 heteroatoms. The van der Waals surface area contributed by atoms with Crippen LogP contribution in [0.1, 0.15) is 54.8 Å². The molecule has 1 N–H and O–H groups in total. The van der Waals surface area contributed by atoms with Crippen molar-refractivity contribution in [2.75, 3.05) is 10.2 Å². The highest BCUT2D eigenvalue weighted by Gasteiger charge is 2.10. The second-order valence-corrected chi connectivity index (χ2v) is 7.68. The van der Waals surface area contributed by atoms with Crippen LogP contribution >= 0.6 is 22.6 Å². The van der Waals surface area contributed by atoms with Gasteiger partial charge >= 0.3 is 10.6 Å². The van der Waals surface area contributed by atoms with Gasteiger partial charge in [-0.05, 0) is 18.3 Å². The van der Waals surface area contributed by atoms with E-state index in [2.05, 4.69) is 36.4 Å². The number of hydrogen-bond acceptors (Lipinski definition) is 5. The number of alkyl halides is 1. The van der Waals surface area contributed by atoms with Gasteiger partial charge in [0.1, 0.15) is 0 Å². The molecule has 0 rings (SSSR count). The van der Waals surface area contributed by atoms with E-state index in [0.717, 1.165) is 18.8 Å². The molecular weight excluding hydrogens is 431 g/mol. The molecule has 0 aliphatic rings. The molecular formula is C12H28IO6S2-. The van der Waals surface area contributed by atoms with Crippen LogP contribution in [0, 0.1) is 11.8 Å². The molecule has 0 fully saturated rings. The van der Waals surface area contributed by atoms with Crippen molar-refractivity contribution in [3.8, 4) is 0 Å². The van der Waals surface area contributed by atoms with Gasteiger partial charge in [0, 0.05) is 4.43 Å². The topological polar surface area (TPSA) is 106 Å². The minimum absolute atomic E-state index is 0. The number of rotatable bonds is 7. The normalized spacial score (nSPS) is 13.0. The van der Waals surface area contributed by atoms with Crippen LogP contribution in [-0.4, -0.2) is 35.8 Å². The maximum absolute atomic E-state index is 10.3. The Hall–Kier alpha value is 0.260. The summed E-state index contributed by atoms with van der Waals surface area (Å²) in [6, 6.07) is 0. The van der Waals surface area contributed by atoms with Crippen molar-refractivity contribution in [1.29, 1.82) is 0 Å². The minimum atomic E-state index is -3.75. The fourth-order valence-corrected chi connectivity index (χ4v) is 2.83. The molecule has 0 aromatic heterocycles. The molecule has 0 bridgehead atoms. The Morgan fingerprint density at radius 2 is 1.38 bits per heavy atom. The highest BCUT2D eigenvalue weighted by atomic mass is 127. The standard InChI is InChI=1S/C6H13I.C6H14O3S.O3S.H/c1-3-4-6(2)5-7;1-3-4-6(2)5-10(7,8)9;1-4(2)3;/h6H,3-5H2,1-2H3;6H,3-5H2,1-2H3,(H,7,8,9);;/q;;;-1. The predicted molar refractivity (Wildman–Crippen MR) is 94.3 cm³/mol. The fourth-order valence-electron chi connectivity index (χ4n) is 1.51. The lowest BCUT2D eigenvalue weighted by molar-refractivity contribution is 0.462. The summed E-state index contributed by atoms with van der Waals surface area (Å²) in [6.07, 6.45) is 4.53. The van der Waals surface area contributed by atoms with Crippen molar-refractivity contribution >= 4 is 43.3 Å². The van der Waals surface area contributed by atoms with E-state index < -0.39 is 20.7 Å². The monoisotopic (exact) mass is 459 g/mol. The Balaban J connectivity index is -0.000000118. The van der Waals surface area contributed by atoms with E-state index in [1.165, 1.54) is 17.3 Å². The highest BCUT2D eigenvalue weighted by molar-refractivity contribution is 14.1. The Bertz CT molecular complexity index is 417. The second kappa shape index (κ2) is 16.6. The molecule has 0 heterocycles. The molecule has 0 saturated heterocycles. The summed E-state index contributed by atoms with van der Waals surface area (Å²) in [7, 11) is -6.86.